The van der Waals surface area contributed by atoms with Gasteiger partial charge in [0.15, 0.2) is 0 Å². The molecule has 1 saturated heterocycles. The number of aromatic nitrogens is 5. The van der Waals surface area contributed by atoms with Crippen LogP contribution in [0.2, 0.25) is 0 Å². The first kappa shape index (κ1) is 15.3. The number of H-pyrrole nitrogens is 2. The Morgan fingerprint density at radius 1 is 1.19 bits per heavy atom. The van der Waals surface area contributed by atoms with Crippen molar-refractivity contribution >= 4 is 5.91 Å². The van der Waals surface area contributed by atoms with E-state index in [9.17, 15) is 4.79 Å². The van der Waals surface area contributed by atoms with Crippen molar-refractivity contribution in [2.24, 2.45) is 0 Å². The third-order valence-electron chi connectivity index (χ3n) is 5.72. The third kappa shape index (κ3) is 2.34. The summed E-state index contributed by atoms with van der Waals surface area (Å²) < 4.78 is 0. The van der Waals surface area contributed by atoms with Crippen LogP contribution < -0.4 is 0 Å². The van der Waals surface area contributed by atoms with Crippen molar-refractivity contribution < 1.29 is 4.79 Å². The number of carbonyl (C=O) groups excluding carboxylic acids is 1. The predicted molar refractivity (Wildman–Crippen MR) is 95.5 cm³/mol. The van der Waals surface area contributed by atoms with Gasteiger partial charge in [0.25, 0.3) is 5.91 Å². The third-order valence-corrected chi connectivity index (χ3v) is 5.72. The van der Waals surface area contributed by atoms with Crippen molar-refractivity contribution in [2.75, 3.05) is 13.1 Å². The lowest BCUT2D eigenvalue weighted by Crippen LogP contribution is -2.48. The number of fused-ring (bicyclic) bond motifs is 2. The Morgan fingerprint density at radius 2 is 2.15 bits per heavy atom. The second-order valence-corrected chi connectivity index (χ2v) is 7.26. The highest BCUT2D eigenvalue weighted by Crippen LogP contribution is 2.44. The minimum Gasteiger partial charge on any atom is -0.336 e. The summed E-state index contributed by atoms with van der Waals surface area (Å²) in [5.41, 5.74) is 4.54. The van der Waals surface area contributed by atoms with Gasteiger partial charge in [-0.3, -0.25) is 20.0 Å². The summed E-state index contributed by atoms with van der Waals surface area (Å²) >= 11 is 0. The van der Waals surface area contributed by atoms with Gasteiger partial charge in [-0.2, -0.15) is 10.2 Å². The van der Waals surface area contributed by atoms with E-state index in [0.717, 1.165) is 44.5 Å². The number of hydrogen-bond acceptors (Lipinski definition) is 4. The topological polar surface area (TPSA) is 90.6 Å². The molecule has 1 aliphatic heterocycles. The Balaban J connectivity index is 1.39. The summed E-state index contributed by atoms with van der Waals surface area (Å²) in [5, 5.41) is 14.6. The molecule has 3 aromatic heterocycles. The van der Waals surface area contributed by atoms with Crippen molar-refractivity contribution in [1.82, 2.24) is 30.3 Å². The van der Waals surface area contributed by atoms with Crippen molar-refractivity contribution in [3.05, 3.63) is 53.6 Å². The molecule has 0 saturated carbocycles. The largest absolute Gasteiger partial charge is 0.336 e. The standard InChI is InChI=1S/C19H20N6O/c26-18(16-10-15(22-23-16)14-4-1-2-8-20-14)25-9-3-6-19(12-25)7-5-13-11-21-24-17(13)19/h1-2,4,8,10-11H,3,5-7,9,12H2,(H,21,24)(H,22,23). The van der Waals surface area contributed by atoms with Gasteiger partial charge < -0.3 is 4.90 Å². The minimum absolute atomic E-state index is 0.00622. The normalized spacial score (nSPS) is 21.9. The number of amides is 1. The van der Waals surface area contributed by atoms with Crippen molar-refractivity contribution in [1.29, 1.82) is 0 Å². The molecule has 3 aromatic rings. The molecule has 1 fully saturated rings. The molecule has 1 atom stereocenters. The number of nitrogens with one attached hydrogen (secondary N) is 2. The summed E-state index contributed by atoms with van der Waals surface area (Å²) in [4.78, 5) is 19.3. The molecule has 7 heteroatoms. The summed E-state index contributed by atoms with van der Waals surface area (Å²) in [6.07, 6.45) is 7.89. The van der Waals surface area contributed by atoms with Gasteiger partial charge in [-0.25, -0.2) is 0 Å². The summed E-state index contributed by atoms with van der Waals surface area (Å²) in [5.74, 6) is 0.00622. The Morgan fingerprint density at radius 3 is 3.04 bits per heavy atom. The molecule has 7 nitrogen and oxygen atoms in total. The van der Waals surface area contributed by atoms with Gasteiger partial charge in [0.2, 0.25) is 0 Å². The molecule has 26 heavy (non-hydrogen) atoms. The lowest BCUT2D eigenvalue weighted by atomic mass is 9.77. The van der Waals surface area contributed by atoms with Gasteiger partial charge in [0.05, 0.1) is 11.9 Å². The molecule has 2 aliphatic rings. The second-order valence-electron chi connectivity index (χ2n) is 7.26. The monoisotopic (exact) mass is 348 g/mol. The first-order chi connectivity index (χ1) is 12.8. The number of rotatable bonds is 2. The number of aromatic amines is 2. The van der Waals surface area contributed by atoms with Gasteiger partial charge in [-0.15, -0.1) is 0 Å². The van der Waals surface area contributed by atoms with E-state index in [1.165, 1.54) is 11.3 Å². The Bertz CT molecular complexity index is 946. The van der Waals surface area contributed by atoms with Crippen LogP contribution in [0.15, 0.2) is 36.7 Å². The van der Waals surface area contributed by atoms with Gasteiger partial charge in [-0.05, 0) is 49.4 Å². The zero-order valence-corrected chi connectivity index (χ0v) is 14.4. The zero-order valence-electron chi connectivity index (χ0n) is 14.4. The number of piperidine rings is 1. The highest BCUT2D eigenvalue weighted by atomic mass is 16.2. The van der Waals surface area contributed by atoms with Crippen LogP contribution in [0.4, 0.5) is 0 Å². The Hall–Kier alpha value is -2.96. The van der Waals surface area contributed by atoms with E-state index in [1.54, 1.807) is 12.3 Å². The molecule has 1 unspecified atom stereocenters. The van der Waals surface area contributed by atoms with Crippen molar-refractivity contribution in [2.45, 2.75) is 31.1 Å². The molecule has 5 rings (SSSR count). The average molecular weight is 348 g/mol. The van der Waals surface area contributed by atoms with Crippen LogP contribution in [0.3, 0.4) is 0 Å². The van der Waals surface area contributed by atoms with E-state index >= 15 is 0 Å². The number of aryl methyl sites for hydroxylation is 1. The number of nitrogens with zero attached hydrogens (tertiary/aromatic N) is 4. The molecule has 132 valence electrons. The maximum absolute atomic E-state index is 13.0. The van der Waals surface area contributed by atoms with Gasteiger partial charge in [-0.1, -0.05) is 6.07 Å². The van der Waals surface area contributed by atoms with Gasteiger partial charge in [0, 0.05) is 30.4 Å². The van der Waals surface area contributed by atoms with E-state index in [1.807, 2.05) is 29.3 Å². The maximum Gasteiger partial charge on any atom is 0.271 e. The van der Waals surface area contributed by atoms with E-state index in [-0.39, 0.29) is 11.3 Å². The fourth-order valence-electron chi connectivity index (χ4n) is 4.42. The zero-order chi connectivity index (χ0) is 17.6. The van der Waals surface area contributed by atoms with Crippen LogP contribution in [0.5, 0.6) is 0 Å². The Labute approximate surface area is 150 Å². The number of likely N-dealkylation sites (tertiary alicyclic amines) is 1. The van der Waals surface area contributed by atoms with E-state index in [2.05, 4.69) is 25.4 Å². The molecule has 0 radical (unpaired) electrons. The quantitative estimate of drug-likeness (QED) is 0.743. The molecule has 1 amide bonds. The van der Waals surface area contributed by atoms with Crippen LogP contribution in [-0.4, -0.2) is 49.3 Å². The van der Waals surface area contributed by atoms with E-state index in [4.69, 9.17) is 0 Å². The Kier molecular flexibility index (Phi) is 3.41. The molecule has 2 N–H and O–H groups in total. The molecule has 0 aromatic carbocycles. The van der Waals surface area contributed by atoms with Crippen LogP contribution in [0.1, 0.15) is 41.0 Å². The lowest BCUT2D eigenvalue weighted by molar-refractivity contribution is 0.0627. The average Bonchev–Trinajstić information content (AvgIpc) is 3.41. The smallest absolute Gasteiger partial charge is 0.271 e. The van der Waals surface area contributed by atoms with Crippen LogP contribution in [-0.2, 0) is 11.8 Å². The van der Waals surface area contributed by atoms with Crippen molar-refractivity contribution in [3.63, 3.8) is 0 Å². The van der Waals surface area contributed by atoms with E-state index < -0.39 is 0 Å². The molecule has 0 bridgehead atoms. The predicted octanol–water partition coefficient (Wildman–Crippen LogP) is 2.32. The first-order valence-electron chi connectivity index (χ1n) is 9.04. The fraction of sp³-hybridized carbons (Fsp3) is 0.368. The lowest BCUT2D eigenvalue weighted by Gasteiger charge is -2.40. The summed E-state index contributed by atoms with van der Waals surface area (Å²) in [6, 6.07) is 7.45. The number of hydrogen-bond donors (Lipinski definition) is 2. The van der Waals surface area contributed by atoms with Crippen molar-refractivity contribution in [3.8, 4) is 11.4 Å². The van der Waals surface area contributed by atoms with Gasteiger partial charge >= 0.3 is 0 Å². The molecule has 1 aliphatic carbocycles. The molecule has 4 heterocycles. The van der Waals surface area contributed by atoms with Crippen LogP contribution >= 0.6 is 0 Å². The van der Waals surface area contributed by atoms with E-state index in [0.29, 0.717) is 11.4 Å². The number of carbonyl (C=O) groups is 1. The summed E-state index contributed by atoms with van der Waals surface area (Å²) in [6.45, 7) is 1.51. The number of pyridine rings is 1. The first-order valence-corrected chi connectivity index (χ1v) is 9.04. The minimum atomic E-state index is 0.00622. The van der Waals surface area contributed by atoms with Gasteiger partial charge in [0.1, 0.15) is 11.4 Å². The highest BCUT2D eigenvalue weighted by molar-refractivity contribution is 5.93. The highest BCUT2D eigenvalue weighted by Gasteiger charge is 2.44. The SMILES string of the molecule is O=C(c1cc(-c2ccccn2)n[nH]1)N1CCCC2(CCc3cn[nH]c32)C1. The fourth-order valence-corrected chi connectivity index (χ4v) is 4.42. The molecular weight excluding hydrogens is 328 g/mol. The second kappa shape index (κ2) is 5.79. The van der Waals surface area contributed by atoms with Crippen LogP contribution in [0.25, 0.3) is 11.4 Å². The summed E-state index contributed by atoms with van der Waals surface area (Å²) in [7, 11) is 0. The van der Waals surface area contributed by atoms with Crippen LogP contribution in [0, 0.1) is 0 Å². The molecular formula is C19H20N6O. The maximum atomic E-state index is 13.0. The molecule has 1 spiro atoms.